The van der Waals surface area contributed by atoms with Crippen molar-refractivity contribution in [1.82, 2.24) is 25.0 Å². The molecule has 0 radical (unpaired) electrons. The maximum atomic E-state index is 15.6. The van der Waals surface area contributed by atoms with E-state index in [9.17, 15) is 19.2 Å². The highest BCUT2D eigenvalue weighted by molar-refractivity contribution is 6.05. The number of hydrogen-bond acceptors (Lipinski definition) is 9. The van der Waals surface area contributed by atoms with Crippen LogP contribution in [0.4, 0.5) is 10.2 Å². The number of amides is 4. The number of carbonyl (C=O) groups excluding carboxylic acids is 4. The SMILES string of the molecule is COC[C@@H]1CN(Cc2cc(F)c3nc(N4CCN(C(C)=O)C5(CC5)C4)ccc3c2)C[C@H]1Oc1ccc2c(c1)CN([C@H]1CCC(=O)NC1=O)C2=O. The number of nitrogens with one attached hydrogen (secondary N) is 1. The Morgan fingerprint density at radius 1 is 1.08 bits per heavy atom. The molecule has 2 aromatic carbocycles. The number of fused-ring (bicyclic) bond motifs is 2. The first-order chi connectivity index (χ1) is 24.1. The van der Waals surface area contributed by atoms with Gasteiger partial charge in [0.2, 0.25) is 17.7 Å². The molecule has 3 aromatic rings. The number of likely N-dealkylation sites (tertiary alicyclic amines) is 1. The van der Waals surface area contributed by atoms with E-state index in [4.69, 9.17) is 14.5 Å². The summed E-state index contributed by atoms with van der Waals surface area (Å²) in [6.07, 6.45) is 2.30. The van der Waals surface area contributed by atoms with Crippen molar-refractivity contribution in [3.8, 4) is 5.75 Å². The summed E-state index contributed by atoms with van der Waals surface area (Å²) in [4.78, 5) is 62.0. The summed E-state index contributed by atoms with van der Waals surface area (Å²) in [5.74, 6) is 0.208. The van der Waals surface area contributed by atoms with Crippen LogP contribution in [0.5, 0.6) is 5.75 Å². The molecule has 1 N–H and O–H groups in total. The van der Waals surface area contributed by atoms with Crippen LogP contribution in [-0.2, 0) is 32.2 Å². The Morgan fingerprint density at radius 3 is 2.68 bits per heavy atom. The van der Waals surface area contributed by atoms with Gasteiger partial charge in [-0.2, -0.15) is 0 Å². The first-order valence-electron chi connectivity index (χ1n) is 17.4. The van der Waals surface area contributed by atoms with E-state index >= 15 is 4.39 Å². The largest absolute Gasteiger partial charge is 0.489 e. The highest BCUT2D eigenvalue weighted by atomic mass is 19.1. The molecule has 0 unspecified atom stereocenters. The van der Waals surface area contributed by atoms with E-state index < -0.39 is 11.9 Å². The van der Waals surface area contributed by atoms with Crippen molar-refractivity contribution in [1.29, 1.82) is 0 Å². The lowest BCUT2D eigenvalue weighted by molar-refractivity contribution is -0.137. The summed E-state index contributed by atoms with van der Waals surface area (Å²) in [5.41, 5.74) is 2.39. The second-order valence-electron chi connectivity index (χ2n) is 14.4. The summed E-state index contributed by atoms with van der Waals surface area (Å²) >= 11 is 0. The zero-order chi connectivity index (χ0) is 34.7. The molecule has 4 aliphatic heterocycles. The summed E-state index contributed by atoms with van der Waals surface area (Å²) in [6.45, 7) is 6.28. The summed E-state index contributed by atoms with van der Waals surface area (Å²) < 4.78 is 27.7. The van der Waals surface area contributed by atoms with Crippen LogP contribution in [0.15, 0.2) is 42.5 Å². The maximum Gasteiger partial charge on any atom is 0.255 e. The predicted octanol–water partition coefficient (Wildman–Crippen LogP) is 2.86. The molecule has 1 saturated carbocycles. The normalized spacial score (nSPS) is 24.7. The highest BCUT2D eigenvalue weighted by Gasteiger charge is 2.52. The molecule has 3 atom stereocenters. The lowest BCUT2D eigenvalue weighted by atomic mass is 10.0. The number of methoxy groups -OCH3 is 1. The fourth-order valence-corrected chi connectivity index (χ4v) is 8.37. The average Bonchev–Trinajstić information content (AvgIpc) is 3.62. The standard InChI is InChI=1S/C37H41FN6O6/c1-22(45)44-12-11-42(21-37(44)9-10-37)32-7-3-24-13-23(14-29(38)34(24)39-32)16-41-17-26(20-49-2)31(19-41)50-27-4-5-28-25(15-27)18-43(36(28)48)30-6-8-33(46)40-35(30)47/h3-5,7,13-15,26,30-31H,6,8-12,16-21H2,1-2H3,(H,40,46,47)/t26-,30-,31+/m0/s1. The van der Waals surface area contributed by atoms with Crippen molar-refractivity contribution in [2.75, 3.05) is 51.3 Å². The lowest BCUT2D eigenvalue weighted by Gasteiger charge is -2.42. The molecule has 12 nitrogen and oxygen atoms in total. The van der Waals surface area contributed by atoms with Crippen molar-refractivity contribution < 1.29 is 33.0 Å². The van der Waals surface area contributed by atoms with Gasteiger partial charge >= 0.3 is 0 Å². The monoisotopic (exact) mass is 684 g/mol. The van der Waals surface area contributed by atoms with Gasteiger partial charge in [-0.25, -0.2) is 9.37 Å². The number of hydrogen-bond donors (Lipinski definition) is 1. The minimum Gasteiger partial charge on any atom is -0.489 e. The zero-order valence-corrected chi connectivity index (χ0v) is 28.3. The van der Waals surface area contributed by atoms with E-state index in [0.717, 1.165) is 41.7 Å². The molecule has 262 valence electrons. The Hall–Kier alpha value is -4.62. The van der Waals surface area contributed by atoms with E-state index in [0.29, 0.717) is 62.6 Å². The highest BCUT2D eigenvalue weighted by Crippen LogP contribution is 2.45. The van der Waals surface area contributed by atoms with Gasteiger partial charge in [0.1, 0.15) is 35.0 Å². The van der Waals surface area contributed by atoms with Crippen molar-refractivity contribution >= 4 is 40.3 Å². The van der Waals surface area contributed by atoms with Gasteiger partial charge in [0.15, 0.2) is 0 Å². The van der Waals surface area contributed by atoms with Crippen LogP contribution in [0.3, 0.4) is 0 Å². The molecule has 5 aliphatic rings. The average molecular weight is 685 g/mol. The molecule has 4 amide bonds. The molecule has 1 spiro atoms. The molecule has 1 aliphatic carbocycles. The Labute approximate surface area is 289 Å². The zero-order valence-electron chi connectivity index (χ0n) is 28.3. The Bertz CT molecular complexity index is 1900. The van der Waals surface area contributed by atoms with Crippen molar-refractivity contribution in [2.24, 2.45) is 5.92 Å². The van der Waals surface area contributed by atoms with Crippen LogP contribution in [0.1, 0.15) is 54.1 Å². The summed E-state index contributed by atoms with van der Waals surface area (Å²) in [6, 6.07) is 12.2. The molecule has 4 fully saturated rings. The molecule has 50 heavy (non-hydrogen) atoms. The quantitative estimate of drug-likeness (QED) is 0.357. The molecule has 8 rings (SSSR count). The van der Waals surface area contributed by atoms with Crippen LogP contribution in [-0.4, -0.2) is 107 Å². The Kier molecular flexibility index (Phi) is 8.22. The molecule has 5 heterocycles. The predicted molar refractivity (Wildman–Crippen MR) is 181 cm³/mol. The number of anilines is 1. The van der Waals surface area contributed by atoms with Gasteiger partial charge < -0.3 is 24.2 Å². The van der Waals surface area contributed by atoms with Gasteiger partial charge in [0.05, 0.1) is 12.1 Å². The van der Waals surface area contributed by atoms with E-state index in [2.05, 4.69) is 15.1 Å². The Balaban J connectivity index is 0.934. The molecular weight excluding hydrogens is 643 g/mol. The summed E-state index contributed by atoms with van der Waals surface area (Å²) in [7, 11) is 1.66. The first kappa shape index (κ1) is 32.6. The number of rotatable bonds is 8. The van der Waals surface area contributed by atoms with E-state index in [1.54, 1.807) is 32.2 Å². The third-order valence-corrected chi connectivity index (χ3v) is 11.0. The number of ether oxygens (including phenoxy) is 2. The third-order valence-electron chi connectivity index (χ3n) is 11.0. The van der Waals surface area contributed by atoms with E-state index in [-0.39, 0.29) is 54.1 Å². The van der Waals surface area contributed by atoms with Crippen LogP contribution in [0.2, 0.25) is 0 Å². The minimum absolute atomic E-state index is 0.0719. The number of aromatic nitrogens is 1. The summed E-state index contributed by atoms with van der Waals surface area (Å²) in [5, 5.41) is 3.08. The van der Waals surface area contributed by atoms with Crippen molar-refractivity contribution in [3.63, 3.8) is 0 Å². The number of carbonyl (C=O) groups is 4. The fourth-order valence-electron chi connectivity index (χ4n) is 8.37. The molecule has 3 saturated heterocycles. The second kappa shape index (κ2) is 12.6. The topological polar surface area (TPSA) is 125 Å². The molecule has 1 aromatic heterocycles. The van der Waals surface area contributed by atoms with Gasteiger partial charge in [0.25, 0.3) is 5.91 Å². The van der Waals surface area contributed by atoms with Crippen LogP contribution < -0.4 is 15.0 Å². The number of piperidine rings is 1. The number of benzene rings is 2. The number of piperazine rings is 1. The minimum atomic E-state index is -0.672. The Morgan fingerprint density at radius 2 is 1.92 bits per heavy atom. The number of halogens is 1. The van der Waals surface area contributed by atoms with Crippen molar-refractivity contribution in [3.05, 3.63) is 65.0 Å². The van der Waals surface area contributed by atoms with Crippen molar-refractivity contribution in [2.45, 2.75) is 63.4 Å². The van der Waals surface area contributed by atoms with Gasteiger partial charge in [-0.3, -0.25) is 29.4 Å². The fraction of sp³-hybridized carbons (Fsp3) is 0.486. The first-order valence-corrected chi connectivity index (χ1v) is 17.4. The van der Waals surface area contributed by atoms with Gasteiger partial charge in [-0.1, -0.05) is 0 Å². The maximum absolute atomic E-state index is 15.6. The smallest absolute Gasteiger partial charge is 0.255 e. The molecule has 13 heteroatoms. The molecular formula is C37H41FN6O6. The second-order valence-corrected chi connectivity index (χ2v) is 14.4. The van der Waals surface area contributed by atoms with Crippen LogP contribution >= 0.6 is 0 Å². The van der Waals surface area contributed by atoms with Crippen LogP contribution in [0.25, 0.3) is 10.9 Å². The number of nitrogens with zero attached hydrogens (tertiary/aromatic N) is 5. The van der Waals surface area contributed by atoms with E-state index in [1.165, 1.54) is 4.90 Å². The third kappa shape index (κ3) is 5.96. The van der Waals surface area contributed by atoms with Gasteiger partial charge in [-0.05, 0) is 72.9 Å². The van der Waals surface area contributed by atoms with E-state index in [1.807, 2.05) is 29.2 Å². The lowest BCUT2D eigenvalue weighted by Crippen LogP contribution is -2.56. The number of pyridine rings is 1. The molecule has 0 bridgehead atoms. The van der Waals surface area contributed by atoms with Gasteiger partial charge in [0, 0.05) is 83.1 Å². The van der Waals surface area contributed by atoms with Crippen LogP contribution in [0, 0.1) is 11.7 Å². The number of imide groups is 1. The van der Waals surface area contributed by atoms with Gasteiger partial charge in [-0.15, -0.1) is 0 Å².